The number of halogens is 3. The highest BCUT2D eigenvalue weighted by Crippen LogP contribution is 2.22. The van der Waals surface area contributed by atoms with Crippen LogP contribution in [0.2, 0.25) is 0 Å². The van der Waals surface area contributed by atoms with E-state index in [9.17, 15) is 26.4 Å². The first-order valence-corrected chi connectivity index (χ1v) is 10.1. The van der Waals surface area contributed by atoms with E-state index in [0.717, 1.165) is 10.8 Å². The molecule has 1 aliphatic rings. The summed E-state index contributed by atoms with van der Waals surface area (Å²) >= 11 is 0. The van der Waals surface area contributed by atoms with Crippen LogP contribution >= 0.6 is 0 Å². The second kappa shape index (κ2) is 8.06. The number of alkyl halides is 3. The molecule has 28 heavy (non-hydrogen) atoms. The normalized spacial score (nSPS) is 17.0. The molecule has 2 aromatic rings. The zero-order chi connectivity index (χ0) is 20.4. The van der Waals surface area contributed by atoms with Gasteiger partial charge in [0, 0.05) is 26.2 Å². The average Bonchev–Trinajstić information content (AvgIpc) is 2.66. The van der Waals surface area contributed by atoms with Gasteiger partial charge in [-0.1, -0.05) is 30.3 Å². The Morgan fingerprint density at radius 2 is 1.64 bits per heavy atom. The van der Waals surface area contributed by atoms with Gasteiger partial charge in [-0.25, -0.2) is 8.42 Å². The molecule has 2 aromatic carbocycles. The fourth-order valence-corrected chi connectivity index (χ4v) is 4.52. The quantitative estimate of drug-likeness (QED) is 0.809. The van der Waals surface area contributed by atoms with Gasteiger partial charge in [-0.2, -0.15) is 17.5 Å². The third kappa shape index (κ3) is 5.00. The predicted octanol–water partition coefficient (Wildman–Crippen LogP) is 1.82. The van der Waals surface area contributed by atoms with Gasteiger partial charge in [0.15, 0.2) is 0 Å². The van der Waals surface area contributed by atoms with Gasteiger partial charge in [0.25, 0.3) is 0 Å². The van der Waals surface area contributed by atoms with Gasteiger partial charge in [-0.15, -0.1) is 0 Å². The van der Waals surface area contributed by atoms with Crippen LogP contribution in [-0.4, -0.2) is 69.0 Å². The Morgan fingerprint density at radius 3 is 2.29 bits per heavy atom. The van der Waals surface area contributed by atoms with Gasteiger partial charge in [-0.05, 0) is 22.9 Å². The molecule has 0 unspecified atom stereocenters. The highest BCUT2D eigenvalue weighted by Gasteiger charge is 2.30. The number of sulfonamides is 1. The molecule has 0 atom stereocenters. The van der Waals surface area contributed by atoms with Crippen molar-refractivity contribution in [1.82, 2.24) is 14.5 Å². The molecule has 6 nitrogen and oxygen atoms in total. The summed E-state index contributed by atoms with van der Waals surface area (Å²) in [5.74, 6) is -0.733. The molecule has 0 saturated carbocycles. The van der Waals surface area contributed by atoms with Crippen molar-refractivity contribution in [2.75, 3.05) is 39.3 Å². The number of carbonyl (C=O) groups is 1. The molecule has 1 heterocycles. The summed E-state index contributed by atoms with van der Waals surface area (Å²) in [6.07, 6.45) is -4.46. The summed E-state index contributed by atoms with van der Waals surface area (Å²) in [7, 11) is -3.68. The molecule has 0 bridgehead atoms. The maximum atomic E-state index is 12.9. The van der Waals surface area contributed by atoms with E-state index in [0.29, 0.717) is 0 Å². The van der Waals surface area contributed by atoms with Crippen LogP contribution in [0.25, 0.3) is 10.8 Å². The van der Waals surface area contributed by atoms with E-state index in [1.54, 1.807) is 23.1 Å². The molecule has 152 valence electrons. The third-order valence-electron chi connectivity index (χ3n) is 4.54. The van der Waals surface area contributed by atoms with E-state index in [-0.39, 0.29) is 37.6 Å². The van der Waals surface area contributed by atoms with Gasteiger partial charge in [0.2, 0.25) is 15.9 Å². The van der Waals surface area contributed by atoms with Gasteiger partial charge < -0.3 is 5.32 Å². The van der Waals surface area contributed by atoms with Crippen LogP contribution in [0.3, 0.4) is 0 Å². The monoisotopic (exact) mass is 415 g/mol. The first-order valence-electron chi connectivity index (χ1n) is 8.70. The molecule has 1 aliphatic heterocycles. The minimum atomic E-state index is -4.46. The Hall–Kier alpha value is -2.17. The summed E-state index contributed by atoms with van der Waals surface area (Å²) in [5, 5.41) is 3.58. The van der Waals surface area contributed by atoms with Crippen molar-refractivity contribution in [3.63, 3.8) is 0 Å². The molecule has 1 N–H and O–H groups in total. The van der Waals surface area contributed by atoms with E-state index in [4.69, 9.17) is 0 Å². The molecule has 1 saturated heterocycles. The summed E-state index contributed by atoms with van der Waals surface area (Å²) in [6, 6.07) is 12.4. The third-order valence-corrected chi connectivity index (χ3v) is 6.44. The van der Waals surface area contributed by atoms with E-state index >= 15 is 0 Å². The van der Waals surface area contributed by atoms with Crippen molar-refractivity contribution in [2.24, 2.45) is 0 Å². The van der Waals surface area contributed by atoms with Crippen LogP contribution < -0.4 is 5.32 Å². The van der Waals surface area contributed by atoms with Crippen molar-refractivity contribution in [2.45, 2.75) is 11.1 Å². The number of nitrogens with zero attached hydrogens (tertiary/aromatic N) is 2. The molecule has 0 spiro atoms. The van der Waals surface area contributed by atoms with Crippen molar-refractivity contribution >= 4 is 26.7 Å². The maximum Gasteiger partial charge on any atom is 0.405 e. The number of amides is 1. The van der Waals surface area contributed by atoms with Crippen LogP contribution in [-0.2, 0) is 14.8 Å². The smallest absolute Gasteiger partial charge is 0.346 e. The van der Waals surface area contributed by atoms with Crippen LogP contribution in [0.15, 0.2) is 47.4 Å². The van der Waals surface area contributed by atoms with E-state index in [2.05, 4.69) is 0 Å². The summed E-state index contributed by atoms with van der Waals surface area (Å²) in [5.41, 5.74) is 0. The minimum absolute atomic E-state index is 0.168. The number of hydrogen-bond donors (Lipinski definition) is 1. The number of carbonyl (C=O) groups excluding carboxylic acids is 1. The lowest BCUT2D eigenvalue weighted by molar-refractivity contribution is -0.139. The van der Waals surface area contributed by atoms with Gasteiger partial charge in [-0.3, -0.25) is 9.69 Å². The van der Waals surface area contributed by atoms with Crippen LogP contribution in [0, 0.1) is 0 Å². The Kier molecular flexibility index (Phi) is 5.92. The Balaban J connectivity index is 1.59. The molecule has 1 amide bonds. The fourth-order valence-electron chi connectivity index (χ4n) is 3.06. The molecule has 10 heteroatoms. The van der Waals surface area contributed by atoms with E-state index in [1.165, 1.54) is 4.31 Å². The largest absolute Gasteiger partial charge is 0.405 e. The summed E-state index contributed by atoms with van der Waals surface area (Å²) in [6.45, 7) is -0.690. The highest BCUT2D eigenvalue weighted by atomic mass is 32.2. The minimum Gasteiger partial charge on any atom is -0.346 e. The number of rotatable bonds is 5. The SMILES string of the molecule is O=C(CN1CCN(S(=O)(=O)c2ccc3ccccc3c2)CC1)NCC(F)(F)F. The maximum absolute atomic E-state index is 12.9. The Labute approximate surface area is 161 Å². The number of fused-ring (bicyclic) bond motifs is 1. The standard InChI is InChI=1S/C18H20F3N3O3S/c19-18(20,21)13-22-17(25)12-23-7-9-24(10-8-23)28(26,27)16-6-5-14-3-1-2-4-15(14)11-16/h1-6,11H,7-10,12-13H2,(H,22,25). The molecular weight excluding hydrogens is 395 g/mol. The molecule has 1 fully saturated rings. The van der Waals surface area contributed by atoms with Gasteiger partial charge >= 0.3 is 6.18 Å². The van der Waals surface area contributed by atoms with Crippen molar-refractivity contribution in [3.05, 3.63) is 42.5 Å². The lowest BCUT2D eigenvalue weighted by atomic mass is 10.1. The molecule has 0 radical (unpaired) electrons. The molecule has 0 aromatic heterocycles. The van der Waals surface area contributed by atoms with Gasteiger partial charge in [0.05, 0.1) is 11.4 Å². The van der Waals surface area contributed by atoms with Crippen molar-refractivity contribution in [3.8, 4) is 0 Å². The van der Waals surface area contributed by atoms with E-state index < -0.39 is 28.7 Å². The van der Waals surface area contributed by atoms with Crippen LogP contribution in [0.1, 0.15) is 0 Å². The molecule has 3 rings (SSSR count). The predicted molar refractivity (Wildman–Crippen MR) is 98.2 cm³/mol. The second-order valence-corrected chi connectivity index (χ2v) is 8.52. The zero-order valence-electron chi connectivity index (χ0n) is 14.9. The number of benzene rings is 2. The summed E-state index contributed by atoms with van der Waals surface area (Å²) in [4.78, 5) is 13.4. The Morgan fingerprint density at radius 1 is 1.00 bits per heavy atom. The van der Waals surface area contributed by atoms with Gasteiger partial charge in [0.1, 0.15) is 6.54 Å². The lowest BCUT2D eigenvalue weighted by Crippen LogP contribution is -2.51. The zero-order valence-corrected chi connectivity index (χ0v) is 15.8. The summed E-state index contributed by atoms with van der Waals surface area (Å²) < 4.78 is 63.5. The second-order valence-electron chi connectivity index (χ2n) is 6.58. The first kappa shape index (κ1) is 20.6. The van der Waals surface area contributed by atoms with E-state index in [1.807, 2.05) is 29.6 Å². The average molecular weight is 415 g/mol. The van der Waals surface area contributed by atoms with Crippen LogP contribution in [0.4, 0.5) is 13.2 Å². The lowest BCUT2D eigenvalue weighted by Gasteiger charge is -2.33. The highest BCUT2D eigenvalue weighted by molar-refractivity contribution is 7.89. The number of nitrogens with one attached hydrogen (secondary N) is 1. The topological polar surface area (TPSA) is 69.7 Å². The molecular formula is C18H20F3N3O3S. The van der Waals surface area contributed by atoms with Crippen molar-refractivity contribution < 1.29 is 26.4 Å². The molecule has 0 aliphatic carbocycles. The number of piperazine rings is 1. The van der Waals surface area contributed by atoms with Crippen LogP contribution in [0.5, 0.6) is 0 Å². The van der Waals surface area contributed by atoms with Crippen molar-refractivity contribution in [1.29, 1.82) is 0 Å². The fraction of sp³-hybridized carbons (Fsp3) is 0.389. The Bertz CT molecular complexity index is 955. The number of hydrogen-bond acceptors (Lipinski definition) is 4. The first-order chi connectivity index (χ1) is 13.1.